The zero-order valence-corrected chi connectivity index (χ0v) is 23.0. The van der Waals surface area contributed by atoms with Crippen LogP contribution in [0.3, 0.4) is 0 Å². The fourth-order valence-corrected chi connectivity index (χ4v) is 6.17. The van der Waals surface area contributed by atoms with Crippen LogP contribution in [0.5, 0.6) is 5.75 Å². The summed E-state index contributed by atoms with van der Waals surface area (Å²) in [5.41, 5.74) is 10.7. The summed E-state index contributed by atoms with van der Waals surface area (Å²) < 4.78 is 8.38. The predicted octanol–water partition coefficient (Wildman–Crippen LogP) is 5.66. The quantitative estimate of drug-likeness (QED) is 0.377. The average Bonchev–Trinajstić information content (AvgIpc) is 3.65. The van der Waals surface area contributed by atoms with E-state index in [0.717, 1.165) is 55.8 Å². The van der Waals surface area contributed by atoms with Crippen molar-refractivity contribution in [3.63, 3.8) is 0 Å². The molecule has 37 heavy (non-hydrogen) atoms. The molecule has 3 atom stereocenters. The Morgan fingerprint density at radius 2 is 2.05 bits per heavy atom. The van der Waals surface area contributed by atoms with E-state index in [1.54, 1.807) is 6.20 Å². The number of nitrogens with one attached hydrogen (secondary N) is 1. The molecule has 2 aromatic heterocycles. The Morgan fingerprint density at radius 1 is 1.19 bits per heavy atom. The van der Waals surface area contributed by atoms with Crippen LogP contribution in [0, 0.1) is 0 Å². The molecule has 0 aliphatic carbocycles. The second kappa shape index (κ2) is 11.0. The topological polar surface area (TPSA) is 81.2 Å². The van der Waals surface area contributed by atoms with Crippen molar-refractivity contribution in [2.75, 3.05) is 31.9 Å². The summed E-state index contributed by atoms with van der Waals surface area (Å²) >= 11 is 6.63. The number of benzene rings is 1. The van der Waals surface area contributed by atoms with Crippen LogP contribution in [0.4, 0.5) is 5.82 Å². The summed E-state index contributed by atoms with van der Waals surface area (Å²) in [5, 5.41) is 9.06. The largest absolute Gasteiger partial charge is 0.482 e. The number of rotatable bonds is 9. The summed E-state index contributed by atoms with van der Waals surface area (Å²) in [5.74, 6) is 1.30. The maximum Gasteiger partial charge on any atom is 0.166 e. The van der Waals surface area contributed by atoms with E-state index in [9.17, 15) is 0 Å². The number of nitrogens with two attached hydrogens (primary N) is 1. The van der Waals surface area contributed by atoms with E-state index in [4.69, 9.17) is 22.1 Å². The first-order valence-electron chi connectivity index (χ1n) is 13.6. The fourth-order valence-electron chi connectivity index (χ4n) is 5.83. The Morgan fingerprint density at radius 3 is 2.84 bits per heavy atom. The molecule has 2 aliphatic rings. The molecule has 2 saturated heterocycles. The second-order valence-corrected chi connectivity index (χ2v) is 11.2. The minimum absolute atomic E-state index is 0.266. The lowest BCUT2D eigenvalue weighted by atomic mass is 9.91. The highest BCUT2D eigenvalue weighted by Gasteiger charge is 2.39. The molecule has 1 spiro atoms. The van der Waals surface area contributed by atoms with Crippen molar-refractivity contribution in [2.45, 2.75) is 70.6 Å². The van der Waals surface area contributed by atoms with Gasteiger partial charge in [-0.15, -0.1) is 0 Å². The first kappa shape index (κ1) is 26.0. The van der Waals surface area contributed by atoms with Gasteiger partial charge in [0.2, 0.25) is 0 Å². The molecule has 3 aromatic rings. The highest BCUT2D eigenvalue weighted by atomic mass is 35.5. The van der Waals surface area contributed by atoms with Crippen LogP contribution >= 0.6 is 11.6 Å². The Labute approximate surface area is 225 Å². The average molecular weight is 523 g/mol. The van der Waals surface area contributed by atoms with E-state index >= 15 is 0 Å². The van der Waals surface area contributed by atoms with E-state index in [0.29, 0.717) is 28.0 Å². The van der Waals surface area contributed by atoms with Crippen LogP contribution in [-0.4, -0.2) is 51.4 Å². The number of aromatic nitrogens is 3. The first-order chi connectivity index (χ1) is 17.9. The van der Waals surface area contributed by atoms with Crippen LogP contribution in [0.25, 0.3) is 11.1 Å². The number of nitrogen functional groups attached to an aromatic ring is 1. The Balaban J connectivity index is 1.27. The molecule has 1 aromatic carbocycles. The van der Waals surface area contributed by atoms with Gasteiger partial charge >= 0.3 is 0 Å². The maximum absolute atomic E-state index is 6.63. The molecule has 2 fully saturated rings. The molecule has 4 heterocycles. The first-order valence-corrected chi connectivity index (χ1v) is 14.0. The number of pyridine rings is 1. The minimum Gasteiger partial charge on any atom is -0.482 e. The molecule has 0 saturated carbocycles. The zero-order valence-electron chi connectivity index (χ0n) is 22.2. The highest BCUT2D eigenvalue weighted by molar-refractivity contribution is 6.31. The number of anilines is 1. The van der Waals surface area contributed by atoms with Gasteiger partial charge in [0.05, 0.1) is 12.7 Å². The molecule has 198 valence electrons. The summed E-state index contributed by atoms with van der Waals surface area (Å²) in [6.45, 7) is 11.7. The number of hydrogen-bond acceptors (Lipinski definition) is 6. The Kier molecular flexibility index (Phi) is 7.75. The normalized spacial score (nSPS) is 21.5. The van der Waals surface area contributed by atoms with E-state index in [-0.39, 0.29) is 6.10 Å². The van der Waals surface area contributed by atoms with Crippen LogP contribution in [0.15, 0.2) is 42.9 Å². The summed E-state index contributed by atoms with van der Waals surface area (Å²) in [6, 6.07) is 8.01. The molecule has 7 nitrogen and oxygen atoms in total. The third kappa shape index (κ3) is 5.64. The summed E-state index contributed by atoms with van der Waals surface area (Å²) in [4.78, 5) is 6.98. The molecule has 3 unspecified atom stereocenters. The van der Waals surface area contributed by atoms with Crippen molar-refractivity contribution in [2.24, 2.45) is 0 Å². The van der Waals surface area contributed by atoms with Crippen molar-refractivity contribution in [3.8, 4) is 16.9 Å². The van der Waals surface area contributed by atoms with Crippen LogP contribution in [0.1, 0.15) is 69.6 Å². The van der Waals surface area contributed by atoms with Gasteiger partial charge in [0.25, 0.3) is 0 Å². The molecule has 0 amide bonds. The Bertz CT molecular complexity index is 1220. The number of hydrogen-bond donors (Lipinski definition) is 2. The van der Waals surface area contributed by atoms with E-state index in [2.05, 4.69) is 46.4 Å². The molecule has 5 rings (SSSR count). The number of likely N-dealkylation sites (tertiary alicyclic amines) is 1. The molecular formula is C29H39ClN6O. The molecule has 0 bridgehead atoms. The van der Waals surface area contributed by atoms with Gasteiger partial charge in [-0.3, -0.25) is 9.58 Å². The van der Waals surface area contributed by atoms with Gasteiger partial charge < -0.3 is 15.8 Å². The van der Waals surface area contributed by atoms with Gasteiger partial charge in [0.1, 0.15) is 6.10 Å². The molecule has 0 radical (unpaired) electrons. The Hall–Kier alpha value is -2.61. The predicted molar refractivity (Wildman–Crippen MR) is 150 cm³/mol. The summed E-state index contributed by atoms with van der Waals surface area (Å²) in [6.07, 6.45) is 10.4. The van der Waals surface area contributed by atoms with Crippen LogP contribution < -0.4 is 15.8 Å². The highest BCUT2D eigenvalue weighted by Crippen LogP contribution is 2.37. The van der Waals surface area contributed by atoms with Crippen molar-refractivity contribution < 1.29 is 4.74 Å². The lowest BCUT2D eigenvalue weighted by molar-refractivity contribution is 0.226. The van der Waals surface area contributed by atoms with Crippen molar-refractivity contribution >= 4 is 17.4 Å². The van der Waals surface area contributed by atoms with Crippen molar-refractivity contribution in [1.29, 1.82) is 0 Å². The number of halogens is 1. The van der Waals surface area contributed by atoms with E-state index in [1.165, 1.54) is 24.8 Å². The maximum atomic E-state index is 6.63. The smallest absolute Gasteiger partial charge is 0.166 e. The van der Waals surface area contributed by atoms with Gasteiger partial charge in [-0.1, -0.05) is 37.6 Å². The second-order valence-electron chi connectivity index (χ2n) is 10.7. The lowest BCUT2D eigenvalue weighted by Gasteiger charge is -2.24. The van der Waals surface area contributed by atoms with Gasteiger partial charge in [0.15, 0.2) is 11.6 Å². The van der Waals surface area contributed by atoms with Crippen LogP contribution in [0.2, 0.25) is 5.02 Å². The van der Waals surface area contributed by atoms with E-state index in [1.807, 2.05) is 36.0 Å². The van der Waals surface area contributed by atoms with Gasteiger partial charge in [-0.25, -0.2) is 4.98 Å². The van der Waals surface area contributed by atoms with Crippen molar-refractivity contribution in [1.82, 2.24) is 25.0 Å². The van der Waals surface area contributed by atoms with Crippen molar-refractivity contribution in [3.05, 3.63) is 59.0 Å². The third-order valence-electron chi connectivity index (χ3n) is 8.20. The minimum atomic E-state index is -0.266. The van der Waals surface area contributed by atoms with E-state index < -0.39 is 0 Å². The molecule has 2 aliphatic heterocycles. The third-order valence-corrected chi connectivity index (χ3v) is 8.53. The standard InChI is InChI=1S/C29H39ClN6O/c1-4-20(2)24-7-5-8-25(30)27(24)21(3)37-26-15-22(16-32-28(26)31)23-17-34-36(18-23)14-13-35-12-10-29(19-35)9-6-11-33-29/h5,7-8,15-18,20-21,33H,4,6,9-14,19H2,1-3H3,(H2,31,32). The zero-order chi connectivity index (χ0) is 26.0. The molecule has 8 heteroatoms. The van der Waals surface area contributed by atoms with Gasteiger partial charge in [0, 0.05) is 59.3 Å². The SMILES string of the molecule is CCC(C)c1cccc(Cl)c1C(C)Oc1cc(-c2cnn(CCN3CCC4(CCCN4)C3)c2)cnc1N. The van der Waals surface area contributed by atoms with Gasteiger partial charge in [-0.2, -0.15) is 5.10 Å². The monoisotopic (exact) mass is 522 g/mol. The summed E-state index contributed by atoms with van der Waals surface area (Å²) in [7, 11) is 0. The number of nitrogens with zero attached hydrogens (tertiary/aromatic N) is 4. The number of ether oxygens (including phenoxy) is 1. The lowest BCUT2D eigenvalue weighted by Crippen LogP contribution is -2.42. The van der Waals surface area contributed by atoms with Gasteiger partial charge in [-0.05, 0) is 62.8 Å². The molecular weight excluding hydrogens is 484 g/mol. The van der Waals surface area contributed by atoms with Crippen LogP contribution in [-0.2, 0) is 6.54 Å². The fraction of sp³-hybridized carbons (Fsp3) is 0.517. The molecule has 3 N–H and O–H groups in total.